The number of amides is 1. The smallest absolute Gasteiger partial charge is 0.242 e. The van der Waals surface area contributed by atoms with Gasteiger partial charge in [-0.3, -0.25) is 4.79 Å². The minimum Gasteiger partial charge on any atom is -0.508 e. The molecule has 24 heavy (non-hydrogen) atoms. The van der Waals surface area contributed by atoms with Crippen LogP contribution in [0.3, 0.4) is 0 Å². The molecule has 1 rings (SSSR count). The van der Waals surface area contributed by atoms with Crippen LogP contribution >= 0.6 is 24.0 Å². The molecule has 0 saturated carbocycles. The number of nitrogens with zero attached hydrogens (tertiary/aromatic N) is 1. The first kappa shape index (κ1) is 22.5. The van der Waals surface area contributed by atoms with E-state index in [-0.39, 0.29) is 47.7 Å². The molecule has 0 aromatic heterocycles. The van der Waals surface area contributed by atoms with Crippen molar-refractivity contribution in [2.45, 2.75) is 39.7 Å². The van der Waals surface area contributed by atoms with Gasteiger partial charge in [-0.25, -0.2) is 4.99 Å². The van der Waals surface area contributed by atoms with Crippen molar-refractivity contribution in [3.63, 3.8) is 0 Å². The van der Waals surface area contributed by atoms with Gasteiger partial charge in [0.1, 0.15) is 12.3 Å². The van der Waals surface area contributed by atoms with Crippen LogP contribution in [0.25, 0.3) is 0 Å². The van der Waals surface area contributed by atoms with Gasteiger partial charge in [-0.2, -0.15) is 0 Å². The number of benzene rings is 1. The number of guanidine groups is 1. The molecule has 0 heterocycles. The van der Waals surface area contributed by atoms with Gasteiger partial charge in [-0.1, -0.05) is 12.1 Å². The molecule has 1 aromatic carbocycles. The molecule has 0 saturated heterocycles. The highest BCUT2D eigenvalue weighted by Gasteiger charge is 2.13. The van der Waals surface area contributed by atoms with Crippen LogP contribution in [0.1, 0.15) is 33.3 Å². The Labute approximate surface area is 161 Å². The summed E-state index contributed by atoms with van der Waals surface area (Å²) in [5.41, 5.74) is 0.784. The van der Waals surface area contributed by atoms with Gasteiger partial charge in [-0.05, 0) is 51.8 Å². The minimum atomic E-state index is -0.256. The summed E-state index contributed by atoms with van der Waals surface area (Å²) in [4.78, 5) is 16.1. The topological polar surface area (TPSA) is 85.8 Å². The Morgan fingerprint density at radius 1 is 1.25 bits per heavy atom. The van der Waals surface area contributed by atoms with Gasteiger partial charge in [0.25, 0.3) is 0 Å². The molecule has 0 bridgehead atoms. The van der Waals surface area contributed by atoms with E-state index < -0.39 is 0 Å². The quantitative estimate of drug-likeness (QED) is 0.305. The summed E-state index contributed by atoms with van der Waals surface area (Å²) >= 11 is 0. The lowest BCUT2D eigenvalue weighted by molar-refractivity contribution is -0.121. The SMILES string of the molecule is CCNC(=NCC(=O)NC(C)(C)C)NCCc1cccc(O)c1.I. The molecule has 7 heteroatoms. The zero-order valence-electron chi connectivity index (χ0n) is 14.8. The van der Waals surface area contributed by atoms with Crippen LogP contribution in [-0.4, -0.2) is 42.1 Å². The Morgan fingerprint density at radius 2 is 1.96 bits per heavy atom. The number of hydrogen-bond donors (Lipinski definition) is 4. The van der Waals surface area contributed by atoms with E-state index in [0.717, 1.165) is 18.5 Å². The highest BCUT2D eigenvalue weighted by molar-refractivity contribution is 14.0. The minimum absolute atomic E-state index is 0. The second kappa shape index (κ2) is 11.1. The predicted octanol–water partition coefficient (Wildman–Crippen LogP) is 2.02. The van der Waals surface area contributed by atoms with Gasteiger partial charge in [0.2, 0.25) is 5.91 Å². The molecule has 0 unspecified atom stereocenters. The van der Waals surface area contributed by atoms with E-state index in [1.807, 2.05) is 39.8 Å². The van der Waals surface area contributed by atoms with E-state index in [9.17, 15) is 9.90 Å². The fourth-order valence-electron chi connectivity index (χ4n) is 1.99. The maximum atomic E-state index is 11.8. The van der Waals surface area contributed by atoms with Crippen molar-refractivity contribution in [2.24, 2.45) is 4.99 Å². The summed E-state index contributed by atoms with van der Waals surface area (Å²) in [6.45, 7) is 9.25. The van der Waals surface area contributed by atoms with Gasteiger partial charge >= 0.3 is 0 Å². The summed E-state index contributed by atoms with van der Waals surface area (Å²) in [6, 6.07) is 7.17. The van der Waals surface area contributed by atoms with Crippen molar-refractivity contribution in [1.82, 2.24) is 16.0 Å². The van der Waals surface area contributed by atoms with Crippen molar-refractivity contribution >= 4 is 35.8 Å². The van der Waals surface area contributed by atoms with Crippen LogP contribution in [0.2, 0.25) is 0 Å². The molecular weight excluding hydrogens is 419 g/mol. The molecular formula is C17H29IN4O2. The molecule has 0 aliphatic carbocycles. The van der Waals surface area contributed by atoms with Crippen molar-refractivity contribution in [3.8, 4) is 5.75 Å². The molecule has 1 amide bonds. The normalized spacial score (nSPS) is 11.4. The van der Waals surface area contributed by atoms with Crippen LogP contribution in [-0.2, 0) is 11.2 Å². The number of rotatable bonds is 6. The van der Waals surface area contributed by atoms with Gasteiger partial charge in [0.15, 0.2) is 5.96 Å². The molecule has 0 aliphatic heterocycles. The highest BCUT2D eigenvalue weighted by atomic mass is 127. The van der Waals surface area contributed by atoms with E-state index >= 15 is 0 Å². The largest absolute Gasteiger partial charge is 0.508 e. The number of aliphatic imine (C=N–C) groups is 1. The summed E-state index contributed by atoms with van der Waals surface area (Å²) in [5, 5.41) is 18.6. The molecule has 1 aromatic rings. The number of halogens is 1. The second-order valence-electron chi connectivity index (χ2n) is 6.34. The molecule has 0 radical (unpaired) electrons. The predicted molar refractivity (Wildman–Crippen MR) is 109 cm³/mol. The number of phenolic OH excluding ortho intramolecular Hbond substituents is 1. The Morgan fingerprint density at radius 3 is 2.54 bits per heavy atom. The van der Waals surface area contributed by atoms with Crippen molar-refractivity contribution in [3.05, 3.63) is 29.8 Å². The second-order valence-corrected chi connectivity index (χ2v) is 6.34. The zero-order valence-corrected chi connectivity index (χ0v) is 17.2. The number of aromatic hydroxyl groups is 1. The molecule has 0 atom stereocenters. The fourth-order valence-corrected chi connectivity index (χ4v) is 1.99. The van der Waals surface area contributed by atoms with E-state index in [1.54, 1.807) is 12.1 Å². The van der Waals surface area contributed by atoms with Crippen LogP contribution in [0, 0.1) is 0 Å². The molecule has 136 valence electrons. The van der Waals surface area contributed by atoms with Gasteiger partial charge in [-0.15, -0.1) is 24.0 Å². The monoisotopic (exact) mass is 448 g/mol. The van der Waals surface area contributed by atoms with E-state index in [2.05, 4.69) is 20.9 Å². The fraction of sp³-hybridized carbons (Fsp3) is 0.529. The highest BCUT2D eigenvalue weighted by Crippen LogP contribution is 2.10. The molecule has 0 fully saturated rings. The van der Waals surface area contributed by atoms with Crippen molar-refractivity contribution in [1.29, 1.82) is 0 Å². The molecule has 0 spiro atoms. The lowest BCUT2D eigenvalue weighted by atomic mass is 10.1. The molecule has 6 nitrogen and oxygen atoms in total. The third kappa shape index (κ3) is 10.3. The summed E-state index contributed by atoms with van der Waals surface area (Å²) in [5.74, 6) is 0.765. The number of carbonyl (C=O) groups excluding carboxylic acids is 1. The maximum absolute atomic E-state index is 11.8. The number of carbonyl (C=O) groups is 1. The first-order chi connectivity index (χ1) is 10.8. The van der Waals surface area contributed by atoms with Crippen LogP contribution < -0.4 is 16.0 Å². The lowest BCUT2D eigenvalue weighted by Gasteiger charge is -2.20. The van der Waals surface area contributed by atoms with Gasteiger partial charge < -0.3 is 21.1 Å². The summed E-state index contributed by atoms with van der Waals surface area (Å²) in [7, 11) is 0. The molecule has 4 N–H and O–H groups in total. The van der Waals surface area contributed by atoms with E-state index in [0.29, 0.717) is 12.5 Å². The first-order valence-corrected chi connectivity index (χ1v) is 7.91. The van der Waals surface area contributed by atoms with Crippen LogP contribution in [0.4, 0.5) is 0 Å². The van der Waals surface area contributed by atoms with Crippen LogP contribution in [0.5, 0.6) is 5.75 Å². The third-order valence-corrected chi connectivity index (χ3v) is 2.86. The Kier molecular flexibility index (Phi) is 10.4. The van der Waals surface area contributed by atoms with Gasteiger partial charge in [0.05, 0.1) is 0 Å². The number of hydrogen-bond acceptors (Lipinski definition) is 3. The number of nitrogens with one attached hydrogen (secondary N) is 3. The lowest BCUT2D eigenvalue weighted by Crippen LogP contribution is -2.43. The van der Waals surface area contributed by atoms with Crippen LogP contribution in [0.15, 0.2) is 29.3 Å². The number of phenols is 1. The average molecular weight is 448 g/mol. The Bertz CT molecular complexity index is 542. The third-order valence-electron chi connectivity index (χ3n) is 2.86. The zero-order chi connectivity index (χ0) is 17.3. The maximum Gasteiger partial charge on any atom is 0.242 e. The summed E-state index contributed by atoms with van der Waals surface area (Å²) in [6.07, 6.45) is 0.757. The van der Waals surface area contributed by atoms with Crippen molar-refractivity contribution < 1.29 is 9.90 Å². The summed E-state index contributed by atoms with van der Waals surface area (Å²) < 4.78 is 0. The Hall–Kier alpha value is -1.51. The van der Waals surface area contributed by atoms with Gasteiger partial charge in [0, 0.05) is 18.6 Å². The van der Waals surface area contributed by atoms with Crippen molar-refractivity contribution in [2.75, 3.05) is 19.6 Å². The standard InChI is InChI=1S/C17H28N4O2.HI/c1-5-18-16(20-12-15(23)21-17(2,3)4)19-10-9-13-7-6-8-14(22)11-13;/h6-8,11,22H,5,9-10,12H2,1-4H3,(H,21,23)(H2,18,19,20);1H. The average Bonchev–Trinajstić information content (AvgIpc) is 2.43. The first-order valence-electron chi connectivity index (χ1n) is 7.91. The van der Waals surface area contributed by atoms with E-state index in [1.165, 1.54) is 0 Å². The molecule has 0 aliphatic rings. The Balaban J connectivity index is 0.00000529. The van der Waals surface area contributed by atoms with E-state index in [4.69, 9.17) is 0 Å².